The Labute approximate surface area is 204 Å². The van der Waals surface area contributed by atoms with Crippen LogP contribution in [-0.4, -0.2) is 59.5 Å². The highest BCUT2D eigenvalue weighted by Crippen LogP contribution is 2.58. The average molecular weight is 468 g/mol. The van der Waals surface area contributed by atoms with Crippen molar-refractivity contribution in [3.05, 3.63) is 23.2 Å². The predicted molar refractivity (Wildman–Crippen MR) is 133 cm³/mol. The molecule has 4 aliphatic carbocycles. The van der Waals surface area contributed by atoms with Crippen LogP contribution in [0.2, 0.25) is 0 Å². The number of nitrogens with one attached hydrogen (secondary N) is 3. The summed E-state index contributed by atoms with van der Waals surface area (Å²) in [6.45, 7) is 7.33. The van der Waals surface area contributed by atoms with E-state index in [4.69, 9.17) is 0 Å². The number of urea groups is 1. The normalized spacial score (nSPS) is 34.3. The SMILES string of the molecule is CCCN1C(=O)N(CCC)C(O)C2=C1NC(C13CCC(CNCC4=CCCC#C4)(CC1)CC3)N2. The molecule has 0 aromatic carbocycles. The minimum absolute atomic E-state index is 0.0785. The van der Waals surface area contributed by atoms with Gasteiger partial charge in [-0.2, -0.15) is 0 Å². The van der Waals surface area contributed by atoms with E-state index >= 15 is 0 Å². The van der Waals surface area contributed by atoms with Crippen molar-refractivity contribution < 1.29 is 9.90 Å². The molecule has 2 amide bonds. The Morgan fingerprint density at radius 1 is 1.12 bits per heavy atom. The van der Waals surface area contributed by atoms with Crippen LogP contribution in [0, 0.1) is 22.7 Å². The summed E-state index contributed by atoms with van der Waals surface area (Å²) in [6.07, 6.45) is 12.5. The monoisotopic (exact) mass is 467 g/mol. The third-order valence-electron chi connectivity index (χ3n) is 8.84. The third kappa shape index (κ3) is 4.09. The molecule has 0 spiro atoms. The van der Waals surface area contributed by atoms with E-state index in [1.807, 2.05) is 11.8 Å². The van der Waals surface area contributed by atoms with Gasteiger partial charge in [-0.1, -0.05) is 31.8 Å². The minimum Gasteiger partial charge on any atom is -0.368 e. The molecule has 0 aromatic rings. The maximum Gasteiger partial charge on any atom is 0.328 e. The number of aliphatic hydroxyl groups is 1. The van der Waals surface area contributed by atoms with Crippen LogP contribution in [0.3, 0.4) is 0 Å². The molecule has 2 aliphatic heterocycles. The topological polar surface area (TPSA) is 79.9 Å². The van der Waals surface area contributed by atoms with Crippen LogP contribution >= 0.6 is 0 Å². The molecular formula is C27H41N5O2. The zero-order valence-electron chi connectivity index (χ0n) is 20.9. The van der Waals surface area contributed by atoms with Crippen LogP contribution in [0.1, 0.15) is 78.1 Å². The van der Waals surface area contributed by atoms with Crippen molar-refractivity contribution in [1.82, 2.24) is 25.8 Å². The molecule has 6 rings (SSSR count). The fourth-order valence-corrected chi connectivity index (χ4v) is 6.72. The third-order valence-corrected chi connectivity index (χ3v) is 8.84. The van der Waals surface area contributed by atoms with Gasteiger partial charge in [0, 0.05) is 43.6 Å². The second kappa shape index (κ2) is 9.47. The van der Waals surface area contributed by atoms with Crippen LogP contribution in [-0.2, 0) is 0 Å². The first kappa shape index (κ1) is 23.6. The van der Waals surface area contributed by atoms with Crippen LogP contribution < -0.4 is 16.0 Å². The van der Waals surface area contributed by atoms with Gasteiger partial charge >= 0.3 is 6.03 Å². The largest absolute Gasteiger partial charge is 0.368 e. The molecule has 3 saturated carbocycles. The molecule has 0 aromatic heterocycles. The number of hydrogen-bond acceptors (Lipinski definition) is 5. The summed E-state index contributed by atoms with van der Waals surface area (Å²) in [5.41, 5.74) is 2.61. The van der Waals surface area contributed by atoms with Gasteiger partial charge in [0.2, 0.25) is 0 Å². The molecule has 7 nitrogen and oxygen atoms in total. The predicted octanol–water partition coefficient (Wildman–Crippen LogP) is 3.20. The standard InChI is InChI=1S/C27H41N5O2/c1-3-16-31-22-21(23(33)32(17-4-2)25(31)34)29-24(30-22)27-13-10-26(11-14-27,12-15-27)19-28-18-20-8-6-5-7-9-20/h8,23-24,28-30,33H,3-6,10-19H2,1-2H3. The maximum atomic E-state index is 13.1. The van der Waals surface area contributed by atoms with Crippen molar-refractivity contribution >= 4 is 6.03 Å². The Morgan fingerprint density at radius 2 is 1.85 bits per heavy atom. The van der Waals surface area contributed by atoms with Crippen molar-refractivity contribution in [3.63, 3.8) is 0 Å². The molecule has 34 heavy (non-hydrogen) atoms. The van der Waals surface area contributed by atoms with Gasteiger partial charge in [0.05, 0.1) is 0 Å². The van der Waals surface area contributed by atoms with Gasteiger partial charge in [-0.15, -0.1) is 0 Å². The first-order valence-electron chi connectivity index (χ1n) is 13.4. The first-order chi connectivity index (χ1) is 16.5. The highest BCUT2D eigenvalue weighted by Gasteiger charge is 2.55. The zero-order chi connectivity index (χ0) is 23.8. The Bertz CT molecular complexity index is 905. The van der Waals surface area contributed by atoms with Crippen LogP contribution in [0.4, 0.5) is 4.79 Å². The minimum atomic E-state index is -0.892. The van der Waals surface area contributed by atoms with E-state index in [1.165, 1.54) is 44.1 Å². The Morgan fingerprint density at radius 3 is 2.50 bits per heavy atom. The first-order valence-corrected chi connectivity index (χ1v) is 13.4. The van der Waals surface area contributed by atoms with Crippen LogP contribution in [0.15, 0.2) is 23.2 Å². The van der Waals surface area contributed by atoms with Gasteiger partial charge in [0.15, 0.2) is 6.23 Å². The van der Waals surface area contributed by atoms with E-state index < -0.39 is 6.23 Å². The highest BCUT2D eigenvalue weighted by molar-refractivity contribution is 5.79. The molecule has 2 unspecified atom stereocenters. The van der Waals surface area contributed by atoms with E-state index in [2.05, 4.69) is 40.8 Å². The molecule has 0 saturated heterocycles. The Kier molecular flexibility index (Phi) is 6.56. The molecule has 2 bridgehead atoms. The summed E-state index contributed by atoms with van der Waals surface area (Å²) in [5.74, 6) is 7.29. The Hall–Kier alpha value is -2.17. The molecular weight excluding hydrogens is 426 g/mol. The number of carbonyl (C=O) groups excluding carboxylic acids is 1. The summed E-state index contributed by atoms with van der Waals surface area (Å²) >= 11 is 0. The number of fused-ring (bicyclic) bond motifs is 3. The zero-order valence-corrected chi connectivity index (χ0v) is 20.9. The summed E-state index contributed by atoms with van der Waals surface area (Å²) < 4.78 is 0. The molecule has 4 N–H and O–H groups in total. The van der Waals surface area contributed by atoms with Crippen molar-refractivity contribution in [2.45, 2.75) is 90.4 Å². The molecule has 2 atom stereocenters. The van der Waals surface area contributed by atoms with Gasteiger partial charge < -0.3 is 21.1 Å². The number of rotatable bonds is 9. The molecule has 6 aliphatic rings. The number of amides is 2. The summed E-state index contributed by atoms with van der Waals surface area (Å²) in [5, 5.41) is 22.1. The van der Waals surface area contributed by atoms with Crippen molar-refractivity contribution in [2.24, 2.45) is 10.8 Å². The molecule has 7 heteroatoms. The molecule has 3 fully saturated rings. The molecule has 186 valence electrons. The van der Waals surface area contributed by atoms with Crippen LogP contribution in [0.5, 0.6) is 0 Å². The second-order valence-corrected chi connectivity index (χ2v) is 11.0. The van der Waals surface area contributed by atoms with Crippen molar-refractivity contribution in [1.29, 1.82) is 0 Å². The average Bonchev–Trinajstić information content (AvgIpc) is 3.33. The number of nitrogens with zero attached hydrogens (tertiary/aromatic N) is 2. The van der Waals surface area contributed by atoms with Crippen LogP contribution in [0.25, 0.3) is 0 Å². The van der Waals surface area contributed by atoms with E-state index in [9.17, 15) is 9.90 Å². The lowest BCUT2D eigenvalue weighted by atomic mass is 9.52. The van der Waals surface area contributed by atoms with E-state index in [0.29, 0.717) is 18.5 Å². The number of hydrogen-bond donors (Lipinski definition) is 4. The summed E-state index contributed by atoms with van der Waals surface area (Å²) in [4.78, 5) is 16.6. The fourth-order valence-electron chi connectivity index (χ4n) is 6.72. The smallest absolute Gasteiger partial charge is 0.328 e. The van der Waals surface area contributed by atoms with Crippen molar-refractivity contribution in [3.8, 4) is 11.8 Å². The van der Waals surface area contributed by atoms with Crippen molar-refractivity contribution in [2.75, 3.05) is 26.2 Å². The van der Waals surface area contributed by atoms with E-state index in [1.54, 1.807) is 4.90 Å². The number of carbonyl (C=O) groups is 1. The lowest BCUT2D eigenvalue weighted by Gasteiger charge is -2.56. The quantitative estimate of drug-likeness (QED) is 0.392. The van der Waals surface area contributed by atoms with Gasteiger partial charge in [0.25, 0.3) is 0 Å². The number of allylic oxidation sites excluding steroid dienone is 1. The summed E-state index contributed by atoms with van der Waals surface area (Å²) in [6, 6.07) is -0.0856. The van der Waals surface area contributed by atoms with Gasteiger partial charge in [0.1, 0.15) is 17.7 Å². The maximum absolute atomic E-state index is 13.1. The van der Waals surface area contributed by atoms with E-state index in [0.717, 1.165) is 50.3 Å². The van der Waals surface area contributed by atoms with E-state index in [-0.39, 0.29) is 17.6 Å². The highest BCUT2D eigenvalue weighted by atomic mass is 16.3. The molecule has 0 radical (unpaired) electrons. The fraction of sp³-hybridized carbons (Fsp3) is 0.741. The number of aliphatic hydroxyl groups excluding tert-OH is 1. The lowest BCUT2D eigenvalue weighted by molar-refractivity contribution is -0.0342. The van der Waals surface area contributed by atoms with Gasteiger partial charge in [-0.25, -0.2) is 4.79 Å². The summed E-state index contributed by atoms with van der Waals surface area (Å²) in [7, 11) is 0. The molecule has 2 heterocycles. The van der Waals surface area contributed by atoms with Gasteiger partial charge in [-0.3, -0.25) is 9.80 Å². The van der Waals surface area contributed by atoms with Gasteiger partial charge in [-0.05, 0) is 63.2 Å². The second-order valence-electron chi connectivity index (χ2n) is 11.0. The Balaban J connectivity index is 1.23. The lowest BCUT2D eigenvalue weighted by Crippen LogP contribution is -2.57.